The lowest BCUT2D eigenvalue weighted by atomic mass is 9.48. The first kappa shape index (κ1) is 26.4. The lowest BCUT2D eigenvalue weighted by Gasteiger charge is -2.65. The van der Waals surface area contributed by atoms with Crippen molar-refractivity contribution in [2.45, 2.75) is 88.5 Å². The van der Waals surface area contributed by atoms with Crippen LogP contribution in [0, 0.1) is 31.6 Å². The van der Waals surface area contributed by atoms with Gasteiger partial charge in [0, 0.05) is 37.6 Å². The number of likely N-dealkylation sites (N-methyl/N-ethyl adjacent to an activating group) is 1. The number of carbonyl (C=O) groups is 2. The van der Waals surface area contributed by atoms with Crippen LogP contribution in [0.25, 0.3) is 0 Å². The first-order valence-electron chi connectivity index (χ1n) is 15.0. The Hall–Kier alpha value is -3.50. The van der Waals surface area contributed by atoms with Crippen LogP contribution in [-0.4, -0.2) is 70.7 Å². The normalized spacial score (nSPS) is 30.9. The third-order valence-corrected chi connectivity index (χ3v) is 10.7. The molecule has 2 bridgehead atoms. The van der Waals surface area contributed by atoms with E-state index in [1.165, 1.54) is 25.3 Å². The summed E-state index contributed by atoms with van der Waals surface area (Å²) in [6, 6.07) is 9.44. The molecule has 2 aromatic carbocycles. The molecule has 2 heterocycles. The van der Waals surface area contributed by atoms with Crippen molar-refractivity contribution in [2.75, 3.05) is 20.1 Å². The number of aromatic hydroxyl groups is 1. The summed E-state index contributed by atoms with van der Waals surface area (Å²) in [6.45, 7) is 7.48. The summed E-state index contributed by atoms with van der Waals surface area (Å²) in [5.41, 5.74) is 3.83. The largest absolute Gasteiger partial charge is 0.504 e. The standard InChI is InChI=1S/C34H38N2O5/c1-20-5-6-23(17-21(20)2)9-12-29(39)35(4)26-13-14-34(41-22(3)37)28-18-25-10-11-27(38)31-30(25)33(34,32(26)40-31)15-16-36(28)19-24-7-8-24/h5-6,10-11,17,24,26,28,32,38H,7-8,13-16,18-19H2,1-4H3/t26-,28-,32+,33+,34-/m1/s1. The molecule has 1 amide bonds. The average molecular weight is 555 g/mol. The Kier molecular flexibility index (Phi) is 5.96. The highest BCUT2D eigenvalue weighted by Crippen LogP contribution is 2.67. The minimum absolute atomic E-state index is 0.0290. The number of hydrogen-bond donors (Lipinski definition) is 1. The molecule has 2 aromatic rings. The van der Waals surface area contributed by atoms with E-state index in [4.69, 9.17) is 9.47 Å². The van der Waals surface area contributed by atoms with Gasteiger partial charge >= 0.3 is 5.97 Å². The molecule has 7 heteroatoms. The van der Waals surface area contributed by atoms with Crippen LogP contribution >= 0.6 is 0 Å². The maximum atomic E-state index is 13.5. The summed E-state index contributed by atoms with van der Waals surface area (Å²) in [4.78, 5) is 30.6. The number of rotatable bonds is 4. The summed E-state index contributed by atoms with van der Waals surface area (Å²) in [5.74, 6) is 6.66. The fourth-order valence-electron chi connectivity index (χ4n) is 8.47. The number of likely N-dealkylation sites (tertiary alicyclic amines) is 1. The summed E-state index contributed by atoms with van der Waals surface area (Å²) >= 11 is 0. The van der Waals surface area contributed by atoms with Crippen molar-refractivity contribution in [2.24, 2.45) is 5.92 Å². The van der Waals surface area contributed by atoms with E-state index in [9.17, 15) is 14.7 Å². The van der Waals surface area contributed by atoms with Crippen molar-refractivity contribution in [3.05, 3.63) is 58.1 Å². The van der Waals surface area contributed by atoms with Gasteiger partial charge in [0.15, 0.2) is 11.5 Å². The molecule has 7 rings (SSSR count). The van der Waals surface area contributed by atoms with Crippen LogP contribution in [-0.2, 0) is 26.2 Å². The molecule has 2 aliphatic heterocycles. The molecule has 5 aliphatic rings. The SMILES string of the molecule is CC(=O)O[C@@]12CC[C@@H](N(C)C(=O)C#Cc3ccc(C)c(C)c3)[C@@H]3Oc4c(O)ccc5c4[C@@]31CCN(CC1CC1)[C@@H]2C5. The zero-order chi connectivity index (χ0) is 28.7. The number of aryl methyl sites for hydroxylation is 2. The van der Waals surface area contributed by atoms with Crippen LogP contribution in [0.2, 0.25) is 0 Å². The maximum Gasteiger partial charge on any atom is 0.303 e. The Morgan fingerprint density at radius 3 is 2.68 bits per heavy atom. The maximum absolute atomic E-state index is 13.5. The monoisotopic (exact) mass is 554 g/mol. The highest BCUT2D eigenvalue weighted by molar-refractivity contribution is 5.94. The van der Waals surface area contributed by atoms with Crippen LogP contribution in [0.5, 0.6) is 11.5 Å². The number of phenols is 1. The van der Waals surface area contributed by atoms with Gasteiger partial charge in [-0.1, -0.05) is 18.1 Å². The molecule has 0 radical (unpaired) electrons. The number of benzene rings is 2. The molecule has 5 atom stereocenters. The number of nitrogens with zero attached hydrogens (tertiary/aromatic N) is 2. The van der Waals surface area contributed by atoms with E-state index < -0.39 is 17.1 Å². The molecular weight excluding hydrogens is 516 g/mol. The van der Waals surface area contributed by atoms with Gasteiger partial charge in [0.1, 0.15) is 11.7 Å². The third kappa shape index (κ3) is 3.83. The number of amides is 1. The van der Waals surface area contributed by atoms with Gasteiger partial charge in [-0.3, -0.25) is 14.5 Å². The Labute approximate surface area is 241 Å². The summed E-state index contributed by atoms with van der Waals surface area (Å²) in [7, 11) is 1.80. The molecular formula is C34H38N2O5. The second-order valence-corrected chi connectivity index (χ2v) is 12.9. The third-order valence-electron chi connectivity index (χ3n) is 10.7. The van der Waals surface area contributed by atoms with Crippen LogP contribution in [0.3, 0.4) is 0 Å². The predicted molar refractivity (Wildman–Crippen MR) is 154 cm³/mol. The summed E-state index contributed by atoms with van der Waals surface area (Å²) < 4.78 is 13.2. The fourth-order valence-corrected chi connectivity index (χ4v) is 8.47. The Morgan fingerprint density at radius 1 is 1.15 bits per heavy atom. The molecule has 214 valence electrons. The molecule has 0 aromatic heterocycles. The van der Waals surface area contributed by atoms with Crippen LogP contribution in [0.4, 0.5) is 0 Å². The van der Waals surface area contributed by atoms with Crippen molar-refractivity contribution >= 4 is 11.9 Å². The van der Waals surface area contributed by atoms with Gasteiger partial charge in [0.05, 0.1) is 17.5 Å². The number of esters is 1. The van der Waals surface area contributed by atoms with E-state index in [-0.39, 0.29) is 29.7 Å². The Bertz CT molecular complexity index is 1520. The van der Waals surface area contributed by atoms with Gasteiger partial charge in [0.25, 0.3) is 5.91 Å². The number of hydrogen-bond acceptors (Lipinski definition) is 6. The molecule has 3 fully saturated rings. The average Bonchev–Trinajstić information content (AvgIpc) is 3.68. The zero-order valence-corrected chi connectivity index (χ0v) is 24.3. The second-order valence-electron chi connectivity index (χ2n) is 12.9. The van der Waals surface area contributed by atoms with Crippen molar-refractivity contribution < 1.29 is 24.2 Å². The predicted octanol–water partition coefficient (Wildman–Crippen LogP) is 4.02. The quantitative estimate of drug-likeness (QED) is 0.454. The van der Waals surface area contributed by atoms with E-state index >= 15 is 0 Å². The summed E-state index contributed by atoms with van der Waals surface area (Å²) in [5, 5.41) is 11.0. The van der Waals surface area contributed by atoms with Crippen LogP contribution < -0.4 is 4.74 Å². The smallest absolute Gasteiger partial charge is 0.303 e. The first-order chi connectivity index (χ1) is 19.6. The molecule has 1 N–H and O–H groups in total. The van der Waals surface area contributed by atoms with E-state index in [0.29, 0.717) is 24.5 Å². The zero-order valence-electron chi connectivity index (χ0n) is 24.3. The van der Waals surface area contributed by atoms with Gasteiger partial charge in [-0.05, 0) is 99.7 Å². The van der Waals surface area contributed by atoms with Crippen molar-refractivity contribution in [1.82, 2.24) is 9.80 Å². The second kappa shape index (κ2) is 9.25. The number of piperidine rings is 1. The molecule has 7 nitrogen and oxygen atoms in total. The topological polar surface area (TPSA) is 79.3 Å². The van der Waals surface area contributed by atoms with Crippen LogP contribution in [0.15, 0.2) is 30.3 Å². The van der Waals surface area contributed by atoms with Gasteiger partial charge in [-0.25, -0.2) is 0 Å². The van der Waals surface area contributed by atoms with E-state index in [2.05, 4.69) is 23.7 Å². The van der Waals surface area contributed by atoms with Crippen molar-refractivity contribution in [1.29, 1.82) is 0 Å². The molecule has 41 heavy (non-hydrogen) atoms. The van der Waals surface area contributed by atoms with Gasteiger partial charge < -0.3 is 19.5 Å². The number of phenolic OH excluding ortho intramolecular Hbond substituents is 1. The van der Waals surface area contributed by atoms with E-state index in [1.807, 2.05) is 31.2 Å². The van der Waals surface area contributed by atoms with Crippen molar-refractivity contribution in [3.63, 3.8) is 0 Å². The number of ether oxygens (including phenoxy) is 2. The Morgan fingerprint density at radius 2 is 1.95 bits per heavy atom. The molecule has 1 spiro atoms. The first-order valence-corrected chi connectivity index (χ1v) is 15.0. The lowest BCUT2D eigenvalue weighted by Crippen LogP contribution is -2.79. The minimum atomic E-state index is -0.784. The number of carbonyl (C=O) groups excluding carboxylic acids is 2. The van der Waals surface area contributed by atoms with Crippen molar-refractivity contribution in [3.8, 4) is 23.3 Å². The highest BCUT2D eigenvalue weighted by atomic mass is 16.6. The molecule has 3 aliphatic carbocycles. The van der Waals surface area contributed by atoms with E-state index in [0.717, 1.165) is 48.2 Å². The highest BCUT2D eigenvalue weighted by Gasteiger charge is 2.75. The summed E-state index contributed by atoms with van der Waals surface area (Å²) in [6.07, 6.45) is 4.79. The van der Waals surface area contributed by atoms with E-state index in [1.54, 1.807) is 18.0 Å². The fraction of sp³-hybridized carbons (Fsp3) is 0.529. The Balaban J connectivity index is 1.29. The van der Waals surface area contributed by atoms with Crippen LogP contribution in [0.1, 0.15) is 66.8 Å². The van der Waals surface area contributed by atoms with Gasteiger partial charge in [0.2, 0.25) is 0 Å². The van der Waals surface area contributed by atoms with Gasteiger partial charge in [-0.2, -0.15) is 0 Å². The minimum Gasteiger partial charge on any atom is -0.504 e. The molecule has 2 saturated carbocycles. The lowest BCUT2D eigenvalue weighted by molar-refractivity contribution is -0.223. The van der Waals surface area contributed by atoms with Gasteiger partial charge in [-0.15, -0.1) is 0 Å². The molecule has 0 unspecified atom stereocenters. The molecule has 1 saturated heterocycles.